The summed E-state index contributed by atoms with van der Waals surface area (Å²) in [5.74, 6) is 0. The summed E-state index contributed by atoms with van der Waals surface area (Å²) in [5, 5.41) is 2.96. The van der Waals surface area contributed by atoms with Gasteiger partial charge < -0.3 is 4.42 Å². The zero-order valence-corrected chi connectivity index (χ0v) is 21.3. The van der Waals surface area contributed by atoms with Gasteiger partial charge in [0.05, 0.1) is 0 Å². The predicted octanol–water partition coefficient (Wildman–Crippen LogP) is 10.9. The molecule has 2 heteroatoms. The molecular weight excluding hydrogens is 484 g/mol. The minimum absolute atomic E-state index is 0.732. The van der Waals surface area contributed by atoms with Gasteiger partial charge >= 0.3 is 0 Å². The van der Waals surface area contributed by atoms with Crippen LogP contribution in [0.1, 0.15) is 0 Å². The summed E-state index contributed by atoms with van der Waals surface area (Å²) in [5.41, 5.74) is 10.9. The largest absolute Gasteiger partial charge is 0.455 e. The number of fused-ring (bicyclic) bond motifs is 3. The van der Waals surface area contributed by atoms with E-state index in [-0.39, 0.29) is 0 Å². The summed E-state index contributed by atoms with van der Waals surface area (Å²) in [6.07, 6.45) is 0. The quantitative estimate of drug-likeness (QED) is 0.231. The zero-order chi connectivity index (χ0) is 25.5. The lowest BCUT2D eigenvalue weighted by Crippen LogP contribution is -1.85. The van der Waals surface area contributed by atoms with E-state index in [1.165, 1.54) is 16.7 Å². The Hall–Kier alpha value is -4.59. The topological polar surface area (TPSA) is 13.1 Å². The molecule has 0 N–H and O–H groups in total. The molecule has 0 fully saturated rings. The number of halogens is 1. The maximum absolute atomic E-state index is 6.63. The number of hydrogen-bond acceptors (Lipinski definition) is 1. The molecule has 0 radical (unpaired) electrons. The van der Waals surface area contributed by atoms with Gasteiger partial charge in [-0.2, -0.15) is 0 Å². The minimum atomic E-state index is 0.732. The van der Waals surface area contributed by atoms with E-state index in [9.17, 15) is 0 Å². The molecule has 0 saturated carbocycles. The number of benzene rings is 6. The molecule has 7 aromatic rings. The highest BCUT2D eigenvalue weighted by molar-refractivity contribution is 6.30. The molecule has 0 spiro atoms. The van der Waals surface area contributed by atoms with Crippen molar-refractivity contribution in [1.29, 1.82) is 0 Å². The second kappa shape index (κ2) is 9.37. The van der Waals surface area contributed by atoms with Crippen molar-refractivity contribution in [2.45, 2.75) is 0 Å². The van der Waals surface area contributed by atoms with E-state index in [0.717, 1.165) is 54.8 Å². The number of rotatable bonds is 4. The highest BCUT2D eigenvalue weighted by Crippen LogP contribution is 2.42. The van der Waals surface area contributed by atoms with Crippen molar-refractivity contribution in [3.05, 3.63) is 145 Å². The molecule has 180 valence electrons. The van der Waals surface area contributed by atoms with Crippen LogP contribution in [-0.2, 0) is 0 Å². The molecule has 1 nitrogen and oxygen atoms in total. The van der Waals surface area contributed by atoms with Gasteiger partial charge in [-0.15, -0.1) is 0 Å². The number of hydrogen-bond donors (Lipinski definition) is 0. The van der Waals surface area contributed by atoms with Gasteiger partial charge in [0.1, 0.15) is 11.2 Å². The van der Waals surface area contributed by atoms with Gasteiger partial charge in [-0.25, -0.2) is 0 Å². The van der Waals surface area contributed by atoms with Gasteiger partial charge in [0, 0.05) is 21.4 Å². The van der Waals surface area contributed by atoms with Gasteiger partial charge in [-0.05, 0) is 69.3 Å². The van der Waals surface area contributed by atoms with Crippen LogP contribution in [0, 0.1) is 0 Å². The first kappa shape index (κ1) is 22.6. The van der Waals surface area contributed by atoms with Crippen molar-refractivity contribution >= 4 is 33.5 Å². The van der Waals surface area contributed by atoms with Crippen LogP contribution in [0.3, 0.4) is 0 Å². The Bertz CT molecular complexity index is 1920. The number of furan rings is 1. The fourth-order valence-corrected chi connectivity index (χ4v) is 5.51. The molecule has 0 aliphatic heterocycles. The summed E-state index contributed by atoms with van der Waals surface area (Å²) in [6, 6.07) is 48.5. The smallest absolute Gasteiger partial charge is 0.143 e. The number of para-hydroxylation sites is 1. The Labute approximate surface area is 226 Å². The van der Waals surface area contributed by atoms with Crippen LogP contribution < -0.4 is 0 Å². The molecule has 38 heavy (non-hydrogen) atoms. The summed E-state index contributed by atoms with van der Waals surface area (Å²) in [6.45, 7) is 0. The summed E-state index contributed by atoms with van der Waals surface area (Å²) in [7, 11) is 0. The lowest BCUT2D eigenvalue weighted by molar-refractivity contribution is 0.670. The standard InChI is InChI=1S/C36H23ClO/c37-29-17-8-15-27(21-29)26-14-7-16-28(20-26)30-18-9-19-31-34-22-32(24-10-3-1-4-11-24)33(23-35(34)38-36(30)31)25-12-5-2-6-13-25/h1-23H. The Morgan fingerprint density at radius 1 is 0.395 bits per heavy atom. The average Bonchev–Trinajstić information content (AvgIpc) is 3.35. The van der Waals surface area contributed by atoms with Gasteiger partial charge in [0.25, 0.3) is 0 Å². The zero-order valence-electron chi connectivity index (χ0n) is 20.6. The van der Waals surface area contributed by atoms with E-state index in [1.807, 2.05) is 18.2 Å². The van der Waals surface area contributed by atoms with Crippen molar-refractivity contribution < 1.29 is 4.42 Å². The van der Waals surface area contributed by atoms with Crippen LogP contribution in [0.5, 0.6) is 0 Å². The van der Waals surface area contributed by atoms with Crippen LogP contribution in [0.25, 0.3) is 66.4 Å². The SMILES string of the molecule is Clc1cccc(-c2cccc(-c3cccc4c3oc3cc(-c5ccccc5)c(-c5ccccc5)cc34)c2)c1. The first-order chi connectivity index (χ1) is 18.7. The van der Waals surface area contributed by atoms with E-state index in [0.29, 0.717) is 0 Å². The molecule has 0 aliphatic carbocycles. The van der Waals surface area contributed by atoms with Crippen molar-refractivity contribution in [1.82, 2.24) is 0 Å². The maximum atomic E-state index is 6.63. The fraction of sp³-hybridized carbons (Fsp3) is 0. The first-order valence-corrected chi connectivity index (χ1v) is 13.1. The Morgan fingerprint density at radius 3 is 1.68 bits per heavy atom. The molecule has 6 aromatic carbocycles. The minimum Gasteiger partial charge on any atom is -0.455 e. The van der Waals surface area contributed by atoms with Crippen LogP contribution in [0.4, 0.5) is 0 Å². The average molecular weight is 507 g/mol. The molecular formula is C36H23ClO. The van der Waals surface area contributed by atoms with Crippen molar-refractivity contribution in [3.8, 4) is 44.5 Å². The molecule has 1 aromatic heterocycles. The first-order valence-electron chi connectivity index (χ1n) is 12.7. The van der Waals surface area contributed by atoms with Crippen molar-refractivity contribution in [2.75, 3.05) is 0 Å². The van der Waals surface area contributed by atoms with Gasteiger partial charge in [0.15, 0.2) is 0 Å². The van der Waals surface area contributed by atoms with Crippen molar-refractivity contribution in [2.24, 2.45) is 0 Å². The highest BCUT2D eigenvalue weighted by atomic mass is 35.5. The van der Waals surface area contributed by atoms with Crippen LogP contribution in [0.15, 0.2) is 144 Å². The third-order valence-corrected chi connectivity index (χ3v) is 7.37. The molecule has 0 bridgehead atoms. The highest BCUT2D eigenvalue weighted by Gasteiger charge is 2.17. The molecule has 7 rings (SSSR count). The molecule has 1 heterocycles. The van der Waals surface area contributed by atoms with Crippen LogP contribution in [0.2, 0.25) is 5.02 Å². The van der Waals surface area contributed by atoms with Gasteiger partial charge in [-0.3, -0.25) is 0 Å². The molecule has 0 atom stereocenters. The summed E-state index contributed by atoms with van der Waals surface area (Å²) in [4.78, 5) is 0. The Kier molecular flexibility index (Phi) is 5.57. The van der Waals surface area contributed by atoms with E-state index in [4.69, 9.17) is 16.0 Å². The lowest BCUT2D eigenvalue weighted by Gasteiger charge is -2.11. The molecule has 0 saturated heterocycles. The molecule has 0 amide bonds. The van der Waals surface area contributed by atoms with Crippen molar-refractivity contribution in [3.63, 3.8) is 0 Å². The second-order valence-electron chi connectivity index (χ2n) is 9.50. The Morgan fingerprint density at radius 2 is 0.974 bits per heavy atom. The summed E-state index contributed by atoms with van der Waals surface area (Å²) < 4.78 is 6.63. The third-order valence-electron chi connectivity index (χ3n) is 7.14. The predicted molar refractivity (Wildman–Crippen MR) is 160 cm³/mol. The van der Waals surface area contributed by atoms with E-state index in [1.54, 1.807) is 0 Å². The lowest BCUT2D eigenvalue weighted by atomic mass is 9.92. The normalized spacial score (nSPS) is 11.3. The third kappa shape index (κ3) is 3.98. The Balaban J connectivity index is 1.45. The van der Waals surface area contributed by atoms with Crippen LogP contribution in [-0.4, -0.2) is 0 Å². The van der Waals surface area contributed by atoms with Gasteiger partial charge in [-0.1, -0.05) is 121 Å². The monoisotopic (exact) mass is 506 g/mol. The second-order valence-corrected chi connectivity index (χ2v) is 9.94. The summed E-state index contributed by atoms with van der Waals surface area (Å²) >= 11 is 6.27. The maximum Gasteiger partial charge on any atom is 0.143 e. The fourth-order valence-electron chi connectivity index (χ4n) is 5.32. The molecule has 0 unspecified atom stereocenters. The molecule has 0 aliphatic rings. The van der Waals surface area contributed by atoms with E-state index >= 15 is 0 Å². The van der Waals surface area contributed by atoms with Gasteiger partial charge in [0.2, 0.25) is 0 Å². The van der Waals surface area contributed by atoms with E-state index in [2.05, 4.69) is 121 Å². The van der Waals surface area contributed by atoms with E-state index < -0.39 is 0 Å². The van der Waals surface area contributed by atoms with Crippen LogP contribution >= 0.6 is 11.6 Å².